The Hall–Kier alpha value is -1.29. The summed E-state index contributed by atoms with van der Waals surface area (Å²) < 4.78 is 10.9. The first-order valence-electron chi connectivity index (χ1n) is 6.31. The number of hydrogen-bond donors (Lipinski definition) is 0. The molecule has 2 rings (SSSR count). The van der Waals surface area contributed by atoms with Crippen LogP contribution < -0.4 is 9.47 Å². The number of benzene rings is 1. The largest absolute Gasteiger partial charge is 0.454 e. The average Bonchev–Trinajstić information content (AvgIpc) is 2.72. The SMILES string of the molecule is CC(=O)c1ccc2c(c1CC[Si](C)(C)C)OCO2. The zero-order chi connectivity index (χ0) is 13.3. The Morgan fingerprint density at radius 3 is 2.61 bits per heavy atom. The minimum atomic E-state index is -1.14. The summed E-state index contributed by atoms with van der Waals surface area (Å²) in [5.74, 6) is 1.64. The smallest absolute Gasteiger partial charge is 0.231 e. The lowest BCUT2D eigenvalue weighted by atomic mass is 10.0. The molecule has 3 nitrogen and oxygen atoms in total. The summed E-state index contributed by atoms with van der Waals surface area (Å²) >= 11 is 0. The van der Waals surface area contributed by atoms with E-state index in [9.17, 15) is 4.79 Å². The summed E-state index contributed by atoms with van der Waals surface area (Å²) in [4.78, 5) is 11.7. The highest BCUT2D eigenvalue weighted by molar-refractivity contribution is 6.76. The fourth-order valence-electron chi connectivity index (χ4n) is 2.11. The monoisotopic (exact) mass is 264 g/mol. The summed E-state index contributed by atoms with van der Waals surface area (Å²) in [6.07, 6.45) is 0.900. The number of ketones is 1. The molecule has 0 aliphatic carbocycles. The van der Waals surface area contributed by atoms with E-state index in [4.69, 9.17) is 9.47 Å². The van der Waals surface area contributed by atoms with Crippen LogP contribution >= 0.6 is 0 Å². The molecule has 0 fully saturated rings. The molecule has 4 heteroatoms. The van der Waals surface area contributed by atoms with E-state index in [1.165, 1.54) is 0 Å². The van der Waals surface area contributed by atoms with E-state index < -0.39 is 8.07 Å². The zero-order valence-electron chi connectivity index (χ0n) is 11.5. The van der Waals surface area contributed by atoms with Gasteiger partial charge in [0, 0.05) is 19.2 Å². The van der Waals surface area contributed by atoms with E-state index >= 15 is 0 Å². The normalized spacial score (nSPS) is 13.8. The quantitative estimate of drug-likeness (QED) is 0.617. The number of ether oxygens (including phenoxy) is 2. The number of rotatable bonds is 4. The molecule has 0 spiro atoms. The highest BCUT2D eigenvalue weighted by Crippen LogP contribution is 2.39. The van der Waals surface area contributed by atoms with Gasteiger partial charge in [0.1, 0.15) is 0 Å². The maximum Gasteiger partial charge on any atom is 0.231 e. The summed E-state index contributed by atoms with van der Waals surface area (Å²) in [5.41, 5.74) is 1.80. The maximum atomic E-state index is 11.7. The van der Waals surface area contributed by atoms with E-state index in [0.717, 1.165) is 35.1 Å². The number of carbonyl (C=O) groups excluding carboxylic acids is 1. The number of carbonyl (C=O) groups is 1. The molecule has 1 aliphatic heterocycles. The van der Waals surface area contributed by atoms with Crippen LogP contribution in [0.4, 0.5) is 0 Å². The summed E-state index contributed by atoms with van der Waals surface area (Å²) in [6, 6.07) is 4.83. The molecule has 1 aromatic rings. The first kappa shape index (κ1) is 13.1. The van der Waals surface area contributed by atoms with E-state index in [1.807, 2.05) is 12.1 Å². The molecule has 0 saturated carbocycles. The minimum absolute atomic E-state index is 0.0962. The fraction of sp³-hybridized carbons (Fsp3) is 0.500. The molecule has 0 N–H and O–H groups in total. The van der Waals surface area contributed by atoms with Crippen molar-refractivity contribution >= 4 is 13.9 Å². The summed E-state index contributed by atoms with van der Waals surface area (Å²) in [5, 5.41) is 0. The van der Waals surface area contributed by atoms with Crippen molar-refractivity contribution in [2.75, 3.05) is 6.79 Å². The van der Waals surface area contributed by atoms with E-state index in [2.05, 4.69) is 19.6 Å². The molecule has 0 atom stereocenters. The first-order valence-corrected chi connectivity index (χ1v) is 10.0. The van der Waals surface area contributed by atoms with Crippen LogP contribution in [0.3, 0.4) is 0 Å². The highest BCUT2D eigenvalue weighted by Gasteiger charge is 2.24. The number of hydrogen-bond acceptors (Lipinski definition) is 3. The van der Waals surface area contributed by atoms with E-state index in [0.29, 0.717) is 0 Å². The van der Waals surface area contributed by atoms with Crippen molar-refractivity contribution < 1.29 is 14.3 Å². The van der Waals surface area contributed by atoms with Crippen LogP contribution in [-0.2, 0) is 6.42 Å². The number of fused-ring (bicyclic) bond motifs is 1. The van der Waals surface area contributed by atoms with Crippen molar-refractivity contribution in [2.24, 2.45) is 0 Å². The second kappa shape index (κ2) is 4.76. The van der Waals surface area contributed by atoms with Gasteiger partial charge >= 0.3 is 0 Å². The van der Waals surface area contributed by atoms with Gasteiger partial charge in [0.25, 0.3) is 0 Å². The maximum absolute atomic E-state index is 11.7. The molecule has 0 bridgehead atoms. The molecule has 1 aliphatic rings. The molecule has 0 radical (unpaired) electrons. The van der Waals surface area contributed by atoms with Gasteiger partial charge in [-0.3, -0.25) is 4.79 Å². The minimum Gasteiger partial charge on any atom is -0.454 e. The average molecular weight is 264 g/mol. The molecule has 0 aromatic heterocycles. The molecule has 0 unspecified atom stereocenters. The van der Waals surface area contributed by atoms with Gasteiger partial charge in [0.15, 0.2) is 17.3 Å². The van der Waals surface area contributed by atoms with Gasteiger partial charge in [0.2, 0.25) is 6.79 Å². The lowest BCUT2D eigenvalue weighted by molar-refractivity contribution is 0.101. The van der Waals surface area contributed by atoms with Gasteiger partial charge < -0.3 is 9.47 Å². The van der Waals surface area contributed by atoms with Gasteiger partial charge in [0.05, 0.1) is 0 Å². The predicted molar refractivity (Wildman–Crippen MR) is 74.4 cm³/mol. The standard InChI is InChI=1S/C14H20O3Si/c1-10(15)11-5-6-13-14(17-9-16-13)12(11)7-8-18(2,3)4/h5-6H,7-9H2,1-4H3. The third kappa shape index (κ3) is 2.75. The lowest BCUT2D eigenvalue weighted by Crippen LogP contribution is -2.20. The van der Waals surface area contributed by atoms with Gasteiger partial charge in [-0.05, 0) is 25.5 Å². The Morgan fingerprint density at radius 1 is 1.28 bits per heavy atom. The van der Waals surface area contributed by atoms with E-state index in [-0.39, 0.29) is 12.6 Å². The fourth-order valence-corrected chi connectivity index (χ4v) is 3.11. The van der Waals surface area contributed by atoms with Crippen LogP contribution in [0.15, 0.2) is 12.1 Å². The third-order valence-electron chi connectivity index (χ3n) is 3.15. The second-order valence-electron chi connectivity index (χ2n) is 5.94. The Kier molecular flexibility index (Phi) is 3.48. The first-order chi connectivity index (χ1) is 8.38. The Balaban J connectivity index is 2.36. The topological polar surface area (TPSA) is 35.5 Å². The molecule has 0 amide bonds. The Morgan fingerprint density at radius 2 is 2.00 bits per heavy atom. The van der Waals surface area contributed by atoms with Crippen molar-refractivity contribution in [3.8, 4) is 11.5 Å². The van der Waals surface area contributed by atoms with Gasteiger partial charge in [-0.25, -0.2) is 0 Å². The molecule has 98 valence electrons. The van der Waals surface area contributed by atoms with Gasteiger partial charge in [-0.2, -0.15) is 0 Å². The van der Waals surface area contributed by atoms with Gasteiger partial charge in [-0.1, -0.05) is 25.7 Å². The molecule has 1 heterocycles. The molecular weight excluding hydrogens is 244 g/mol. The highest BCUT2D eigenvalue weighted by atomic mass is 28.3. The van der Waals surface area contributed by atoms with Crippen LogP contribution in [-0.4, -0.2) is 20.7 Å². The molecular formula is C14H20O3Si. The number of Topliss-reactive ketones (excluding diaryl/α,β-unsaturated/α-hetero) is 1. The zero-order valence-corrected chi connectivity index (χ0v) is 12.5. The Labute approximate surface area is 109 Å². The van der Waals surface area contributed by atoms with E-state index in [1.54, 1.807) is 6.92 Å². The van der Waals surface area contributed by atoms with Crippen LogP contribution in [0.5, 0.6) is 11.5 Å². The Bertz CT molecular complexity index is 475. The third-order valence-corrected chi connectivity index (χ3v) is 4.90. The van der Waals surface area contributed by atoms with Gasteiger partial charge in [-0.15, -0.1) is 0 Å². The second-order valence-corrected chi connectivity index (χ2v) is 11.6. The van der Waals surface area contributed by atoms with Crippen LogP contribution in [0.2, 0.25) is 25.7 Å². The lowest BCUT2D eigenvalue weighted by Gasteiger charge is -2.17. The van der Waals surface area contributed by atoms with Crippen molar-refractivity contribution in [1.29, 1.82) is 0 Å². The summed E-state index contributed by atoms with van der Waals surface area (Å²) in [6.45, 7) is 8.87. The van der Waals surface area contributed by atoms with Crippen LogP contribution in [0.25, 0.3) is 0 Å². The summed E-state index contributed by atoms with van der Waals surface area (Å²) in [7, 11) is -1.14. The van der Waals surface area contributed by atoms with Crippen molar-refractivity contribution in [3.05, 3.63) is 23.3 Å². The van der Waals surface area contributed by atoms with Crippen LogP contribution in [0, 0.1) is 0 Å². The van der Waals surface area contributed by atoms with Crippen molar-refractivity contribution in [3.63, 3.8) is 0 Å². The molecule has 18 heavy (non-hydrogen) atoms. The van der Waals surface area contributed by atoms with Crippen molar-refractivity contribution in [2.45, 2.75) is 39.0 Å². The predicted octanol–water partition coefficient (Wildman–Crippen LogP) is 3.50. The molecule has 0 saturated heterocycles. The van der Waals surface area contributed by atoms with Crippen molar-refractivity contribution in [1.82, 2.24) is 0 Å². The van der Waals surface area contributed by atoms with Crippen LogP contribution in [0.1, 0.15) is 22.8 Å². The molecule has 1 aromatic carbocycles.